The molecule has 2 saturated heterocycles. The van der Waals surface area contributed by atoms with Crippen LogP contribution in [0.25, 0.3) is 33.4 Å². The fraction of sp³-hybridized carbons (Fsp3) is 0.405. The zero-order valence-corrected chi connectivity index (χ0v) is 31.4. The molecule has 6 aromatic rings. The van der Waals surface area contributed by atoms with Gasteiger partial charge >= 0.3 is 0 Å². The van der Waals surface area contributed by atoms with Crippen molar-refractivity contribution in [2.24, 2.45) is 5.73 Å². The molecule has 3 N–H and O–H groups in total. The third kappa shape index (κ3) is 9.37. The summed E-state index contributed by atoms with van der Waals surface area (Å²) in [6.45, 7) is 12.1. The summed E-state index contributed by atoms with van der Waals surface area (Å²) in [5.74, 6) is 0.842. The summed E-state index contributed by atoms with van der Waals surface area (Å²) in [7, 11) is 0. The minimum absolute atomic E-state index is 0.0387. The lowest BCUT2D eigenvalue weighted by Crippen LogP contribution is -2.43. The van der Waals surface area contributed by atoms with Gasteiger partial charge in [-0.1, -0.05) is 0 Å². The first-order valence-corrected chi connectivity index (χ1v) is 19.1. The monoisotopic (exact) mass is 729 g/mol. The Labute approximate surface area is 315 Å². The zero-order valence-electron chi connectivity index (χ0n) is 31.4. The van der Waals surface area contributed by atoms with Gasteiger partial charge in [-0.25, -0.2) is 0 Å². The standard InChI is InChI=1S/C26H29N5O2.C16H22N4O/c1-19-13-24-23(29-15-19)4-5-26(32)31(24)11-10-30-8-6-22(7-9-30)28-17-20-14-21(18-27-16-20)25-3-2-12-33-25;1-12-10-15-14(18-11-12)2-3-16(21)20(15)9-8-19-6-4-13(17)5-7-19/h2-5,12-16,18,22,28H,6-11,17H2,1H3;2-3,10-11,13H,4-9,17H2,1H3. The summed E-state index contributed by atoms with van der Waals surface area (Å²) in [5.41, 5.74) is 13.9. The van der Waals surface area contributed by atoms with Gasteiger partial charge in [-0.2, -0.15) is 0 Å². The number of piperidine rings is 2. The van der Waals surface area contributed by atoms with Crippen LogP contribution in [-0.2, 0) is 19.6 Å². The van der Waals surface area contributed by atoms with Crippen LogP contribution in [0, 0.1) is 13.8 Å². The Morgan fingerprint density at radius 3 is 1.85 bits per heavy atom. The van der Waals surface area contributed by atoms with Gasteiger partial charge in [0.15, 0.2) is 0 Å². The number of furan rings is 1. The molecule has 0 amide bonds. The Hall–Kier alpha value is -5.01. The summed E-state index contributed by atoms with van der Waals surface area (Å²) < 4.78 is 9.18. The van der Waals surface area contributed by atoms with E-state index in [-0.39, 0.29) is 11.1 Å². The van der Waals surface area contributed by atoms with E-state index in [2.05, 4.69) is 42.2 Å². The third-order valence-corrected chi connectivity index (χ3v) is 10.6. The Bertz CT molecular complexity index is 2270. The molecule has 54 heavy (non-hydrogen) atoms. The Kier molecular flexibility index (Phi) is 12.0. The van der Waals surface area contributed by atoms with E-state index in [1.54, 1.807) is 24.5 Å². The van der Waals surface area contributed by atoms with E-state index in [9.17, 15) is 9.59 Å². The first kappa shape index (κ1) is 37.3. The molecule has 0 saturated carbocycles. The maximum atomic E-state index is 12.5. The molecule has 0 spiro atoms. The predicted octanol–water partition coefficient (Wildman–Crippen LogP) is 4.74. The van der Waals surface area contributed by atoms with Crippen LogP contribution in [0.4, 0.5) is 0 Å². The highest BCUT2D eigenvalue weighted by Gasteiger charge is 2.20. The molecule has 0 bridgehead atoms. The van der Waals surface area contributed by atoms with Crippen LogP contribution in [-0.4, -0.2) is 85.2 Å². The highest BCUT2D eigenvalue weighted by molar-refractivity contribution is 5.75. The minimum Gasteiger partial charge on any atom is -0.464 e. The topological polar surface area (TPSA) is 140 Å². The molecule has 0 unspecified atom stereocenters. The smallest absolute Gasteiger partial charge is 0.251 e. The molecule has 2 aliphatic heterocycles. The quantitative estimate of drug-likeness (QED) is 0.203. The number of pyridine rings is 5. The van der Waals surface area contributed by atoms with Crippen LogP contribution < -0.4 is 22.2 Å². The molecule has 8 heterocycles. The second-order valence-electron chi connectivity index (χ2n) is 14.7. The lowest BCUT2D eigenvalue weighted by atomic mass is 10.0. The summed E-state index contributed by atoms with van der Waals surface area (Å²) in [5, 5.41) is 3.68. The summed E-state index contributed by atoms with van der Waals surface area (Å²) >= 11 is 0. The molecule has 2 fully saturated rings. The van der Waals surface area contributed by atoms with Crippen LogP contribution in [0.1, 0.15) is 42.4 Å². The average molecular weight is 730 g/mol. The second kappa shape index (κ2) is 17.4. The van der Waals surface area contributed by atoms with Crippen LogP contribution in [0.5, 0.6) is 0 Å². The predicted molar refractivity (Wildman–Crippen MR) is 213 cm³/mol. The summed E-state index contributed by atoms with van der Waals surface area (Å²) in [6, 6.07) is 17.7. The molecule has 6 aromatic heterocycles. The van der Waals surface area contributed by atoms with Gasteiger partial charge in [0.05, 0.1) is 28.3 Å². The van der Waals surface area contributed by atoms with Crippen LogP contribution >= 0.6 is 0 Å². The van der Waals surface area contributed by atoms with E-state index in [0.29, 0.717) is 25.2 Å². The second-order valence-corrected chi connectivity index (χ2v) is 14.7. The Morgan fingerprint density at radius 1 is 0.722 bits per heavy atom. The average Bonchev–Trinajstić information content (AvgIpc) is 3.74. The fourth-order valence-electron chi connectivity index (χ4n) is 7.44. The molecule has 12 heteroatoms. The van der Waals surface area contributed by atoms with Gasteiger partial charge in [-0.3, -0.25) is 24.5 Å². The van der Waals surface area contributed by atoms with Crippen molar-refractivity contribution in [2.75, 3.05) is 39.3 Å². The number of rotatable bonds is 10. The molecule has 282 valence electrons. The highest BCUT2D eigenvalue weighted by Crippen LogP contribution is 2.20. The summed E-state index contributed by atoms with van der Waals surface area (Å²) in [4.78, 5) is 42.7. The Balaban J connectivity index is 0.000000184. The molecule has 0 atom stereocenters. The number of fused-ring (bicyclic) bond motifs is 2. The van der Waals surface area contributed by atoms with E-state index in [4.69, 9.17) is 10.2 Å². The van der Waals surface area contributed by atoms with E-state index in [0.717, 1.165) is 122 Å². The maximum absolute atomic E-state index is 12.5. The number of hydrogen-bond acceptors (Lipinski definition) is 10. The van der Waals surface area contributed by atoms with Crippen LogP contribution in [0.15, 0.2) is 99.7 Å². The van der Waals surface area contributed by atoms with Gasteiger partial charge < -0.3 is 34.4 Å². The van der Waals surface area contributed by atoms with Gasteiger partial charge in [0.1, 0.15) is 5.76 Å². The molecule has 8 rings (SSSR count). The fourth-order valence-corrected chi connectivity index (χ4v) is 7.44. The molecule has 0 aliphatic carbocycles. The van der Waals surface area contributed by atoms with E-state index in [1.165, 1.54) is 0 Å². The van der Waals surface area contributed by atoms with Crippen LogP contribution in [0.2, 0.25) is 0 Å². The van der Waals surface area contributed by atoms with E-state index >= 15 is 0 Å². The molecule has 0 aromatic carbocycles. The van der Waals surface area contributed by atoms with Crippen molar-refractivity contribution in [3.8, 4) is 11.3 Å². The van der Waals surface area contributed by atoms with Crippen molar-refractivity contribution < 1.29 is 4.42 Å². The largest absolute Gasteiger partial charge is 0.464 e. The Morgan fingerprint density at radius 2 is 1.30 bits per heavy atom. The van der Waals surface area contributed by atoms with Gasteiger partial charge in [0.2, 0.25) is 0 Å². The lowest BCUT2D eigenvalue weighted by Gasteiger charge is -2.32. The van der Waals surface area contributed by atoms with Crippen molar-refractivity contribution in [3.63, 3.8) is 0 Å². The number of nitrogens with two attached hydrogens (primary N) is 1. The van der Waals surface area contributed by atoms with Gasteiger partial charge in [-0.05, 0) is 125 Å². The number of nitrogens with zero attached hydrogens (tertiary/aromatic N) is 7. The number of aryl methyl sites for hydroxylation is 2. The molecule has 12 nitrogen and oxygen atoms in total. The lowest BCUT2D eigenvalue weighted by molar-refractivity contribution is 0.191. The zero-order chi connectivity index (χ0) is 37.4. The van der Waals surface area contributed by atoms with Crippen molar-refractivity contribution in [2.45, 2.75) is 71.2 Å². The third-order valence-electron chi connectivity index (χ3n) is 10.6. The van der Waals surface area contributed by atoms with Crippen molar-refractivity contribution in [1.29, 1.82) is 0 Å². The summed E-state index contributed by atoms with van der Waals surface area (Å²) in [6.07, 6.45) is 13.4. The van der Waals surface area contributed by atoms with Crippen molar-refractivity contribution in [3.05, 3.63) is 123 Å². The molecular weight excluding hydrogens is 679 g/mol. The number of aromatic nitrogens is 5. The maximum Gasteiger partial charge on any atom is 0.251 e. The van der Waals surface area contributed by atoms with Gasteiger partial charge in [-0.15, -0.1) is 0 Å². The number of likely N-dealkylation sites (tertiary alicyclic amines) is 2. The molecule has 2 aliphatic rings. The van der Waals surface area contributed by atoms with Crippen molar-refractivity contribution >= 4 is 22.1 Å². The first-order valence-electron chi connectivity index (χ1n) is 19.1. The highest BCUT2D eigenvalue weighted by atomic mass is 16.3. The number of nitrogens with one attached hydrogen (secondary N) is 1. The van der Waals surface area contributed by atoms with Crippen molar-refractivity contribution in [1.82, 2.24) is 39.2 Å². The molecular formula is C42H51N9O3. The van der Waals surface area contributed by atoms with E-state index in [1.807, 2.05) is 72.0 Å². The van der Waals surface area contributed by atoms with E-state index < -0.39 is 0 Å². The first-order chi connectivity index (χ1) is 26.3. The van der Waals surface area contributed by atoms with Crippen LogP contribution in [0.3, 0.4) is 0 Å². The molecule has 0 radical (unpaired) electrons. The normalized spacial score (nSPS) is 16.1. The minimum atomic E-state index is 0.0387. The SMILES string of the molecule is Cc1cnc2ccc(=O)n(CCN3CCC(N)CC3)c2c1.Cc1cnc2ccc(=O)n(CCN3CCC(NCc4cncc(-c5ccco5)c4)CC3)c2c1. The van der Waals surface area contributed by atoms with Gasteiger partial charge in [0.25, 0.3) is 11.1 Å². The van der Waals surface area contributed by atoms with Gasteiger partial charge in [0, 0.05) is 87.3 Å². The number of hydrogen-bond donors (Lipinski definition) is 2.